The molecule has 0 aliphatic heterocycles. The summed E-state index contributed by atoms with van der Waals surface area (Å²) in [6, 6.07) is 8.69. The molecule has 0 spiro atoms. The molecule has 0 fully saturated rings. The Morgan fingerprint density at radius 1 is 0.846 bits per heavy atom. The summed E-state index contributed by atoms with van der Waals surface area (Å²) in [5, 5.41) is 1.56. The van der Waals surface area contributed by atoms with Crippen molar-refractivity contribution in [3.8, 4) is 0 Å². The molecular weight excluding hydrogens is 355 g/mol. The molecular formula is C11H22PtSi. The van der Waals surface area contributed by atoms with Gasteiger partial charge in [0.25, 0.3) is 0 Å². The molecule has 0 aliphatic carbocycles. The zero-order chi connectivity index (χ0) is 6.91. The van der Waals surface area contributed by atoms with Crippen molar-refractivity contribution >= 4 is 13.3 Å². The summed E-state index contributed by atoms with van der Waals surface area (Å²) in [5.41, 5.74) is 0. The van der Waals surface area contributed by atoms with Crippen LogP contribution in [0.3, 0.4) is 0 Å². The maximum atomic E-state index is 2.36. The summed E-state index contributed by atoms with van der Waals surface area (Å²) in [5.74, 6) is 0. The third-order valence-corrected chi connectivity index (χ3v) is 3.59. The molecule has 1 aromatic rings. The number of hydrogen-bond acceptors (Lipinski definition) is 0. The summed E-state index contributed by atoms with van der Waals surface area (Å²) >= 11 is 0. The Morgan fingerprint density at radius 2 is 1.15 bits per heavy atom. The van der Waals surface area contributed by atoms with Gasteiger partial charge in [0.2, 0.25) is 0 Å². The fraction of sp³-hybridized carbons (Fsp3) is 0.273. The van der Waals surface area contributed by atoms with E-state index in [9.17, 15) is 0 Å². The average molecular weight is 377 g/mol. The predicted octanol–water partition coefficient (Wildman–Crippen LogP) is 3.30. The van der Waals surface area contributed by atoms with E-state index in [0.717, 1.165) is 0 Å². The summed E-state index contributed by atoms with van der Waals surface area (Å²) in [6.07, 6.45) is 0. The van der Waals surface area contributed by atoms with Crippen LogP contribution in [0.5, 0.6) is 0 Å². The number of hydrogen-bond donors (Lipinski definition) is 0. The first-order chi connectivity index (χ1) is 4.11. The zero-order valence-corrected chi connectivity index (χ0v) is 12.9. The Balaban J connectivity index is -0.000000101. The largest absolute Gasteiger partial charge is 4.00 e. The van der Waals surface area contributed by atoms with Crippen LogP contribution in [0, 0.1) is 22.3 Å². The first kappa shape index (κ1) is 23.2. The van der Waals surface area contributed by atoms with Crippen molar-refractivity contribution in [2.24, 2.45) is 0 Å². The topological polar surface area (TPSA) is 0 Å². The van der Waals surface area contributed by atoms with Crippen molar-refractivity contribution in [1.82, 2.24) is 0 Å². The van der Waals surface area contributed by atoms with Crippen LogP contribution < -0.4 is 5.19 Å². The van der Waals surface area contributed by atoms with Gasteiger partial charge in [-0.2, -0.15) is 17.3 Å². The van der Waals surface area contributed by atoms with Gasteiger partial charge in [0, 0.05) is 8.07 Å². The minimum Gasteiger partial charge on any atom is -0.358 e. The van der Waals surface area contributed by atoms with Gasteiger partial charge in [-0.3, -0.25) is 0 Å². The van der Waals surface area contributed by atoms with E-state index in [1.807, 2.05) is 0 Å². The van der Waals surface area contributed by atoms with Crippen molar-refractivity contribution in [3.05, 3.63) is 46.5 Å². The molecule has 0 saturated heterocycles. The van der Waals surface area contributed by atoms with Gasteiger partial charge in [-0.15, -0.1) is 0 Å². The average Bonchev–Trinajstić information content (AvgIpc) is 2.08. The molecule has 0 saturated carbocycles. The van der Waals surface area contributed by atoms with Gasteiger partial charge < -0.3 is 22.3 Å². The van der Waals surface area contributed by atoms with Gasteiger partial charge in [0.15, 0.2) is 0 Å². The maximum absolute atomic E-state index is 2.36. The Morgan fingerprint density at radius 3 is 1.31 bits per heavy atom. The van der Waals surface area contributed by atoms with Crippen LogP contribution in [-0.2, 0) is 21.1 Å². The second kappa shape index (κ2) is 8.84. The van der Waals surface area contributed by atoms with E-state index < -0.39 is 8.07 Å². The van der Waals surface area contributed by atoms with Crippen molar-refractivity contribution in [1.29, 1.82) is 0 Å². The Bertz CT molecular complexity index is 172. The van der Waals surface area contributed by atoms with Crippen molar-refractivity contribution in [3.63, 3.8) is 0 Å². The quantitative estimate of drug-likeness (QED) is 0.520. The summed E-state index contributed by atoms with van der Waals surface area (Å²) in [7, 11) is -0.981. The monoisotopic (exact) mass is 377 g/mol. The molecule has 0 N–H and O–H groups in total. The van der Waals surface area contributed by atoms with Crippen LogP contribution in [0.4, 0.5) is 0 Å². The minimum absolute atomic E-state index is 0. The number of rotatable bonds is 1. The molecule has 0 heterocycles. The van der Waals surface area contributed by atoms with E-state index in [-0.39, 0.29) is 43.3 Å². The minimum atomic E-state index is -0.981. The van der Waals surface area contributed by atoms with Crippen molar-refractivity contribution in [2.75, 3.05) is 0 Å². The summed E-state index contributed by atoms with van der Waals surface area (Å²) in [4.78, 5) is 0. The normalized spacial score (nSPS) is 8.23. The van der Waals surface area contributed by atoms with Gasteiger partial charge in [0.1, 0.15) is 0 Å². The molecule has 0 aliphatic rings. The van der Waals surface area contributed by atoms with Gasteiger partial charge in [-0.25, -0.2) is 12.1 Å². The Labute approximate surface area is 100 Å². The van der Waals surface area contributed by atoms with E-state index in [4.69, 9.17) is 0 Å². The van der Waals surface area contributed by atoms with Crippen LogP contribution in [0.15, 0.2) is 24.3 Å². The first-order valence-electron chi connectivity index (χ1n) is 3.33. The SMILES string of the molecule is C[Si](C)(C)[c-]1cccc1.[CH3-].[CH3-].[CH3-].[Pt+4]. The molecule has 0 radical (unpaired) electrons. The summed E-state index contributed by atoms with van der Waals surface area (Å²) < 4.78 is 0. The van der Waals surface area contributed by atoms with Gasteiger partial charge in [0.05, 0.1) is 0 Å². The fourth-order valence-corrected chi connectivity index (χ4v) is 2.07. The molecule has 80 valence electrons. The van der Waals surface area contributed by atoms with Crippen molar-refractivity contribution in [2.45, 2.75) is 19.6 Å². The molecule has 0 atom stereocenters. The molecule has 0 unspecified atom stereocenters. The zero-order valence-electron chi connectivity index (χ0n) is 9.63. The standard InChI is InChI=1S/C8H13Si.3CH3.Pt/c1-9(2,3)8-6-4-5-7-8;;;;/h4-7H,1-3H3;3*1H3;/q4*-1;+4. The molecule has 13 heavy (non-hydrogen) atoms. The maximum Gasteiger partial charge on any atom is 4.00 e. The van der Waals surface area contributed by atoms with Gasteiger partial charge in [-0.1, -0.05) is 19.6 Å². The van der Waals surface area contributed by atoms with Crippen molar-refractivity contribution < 1.29 is 21.1 Å². The molecule has 0 amide bonds. The van der Waals surface area contributed by atoms with Gasteiger partial charge in [-0.05, 0) is 0 Å². The molecule has 0 bridgehead atoms. The molecule has 1 aromatic carbocycles. The molecule has 1 rings (SSSR count). The summed E-state index contributed by atoms with van der Waals surface area (Å²) in [6.45, 7) is 7.09. The third-order valence-electron chi connectivity index (χ3n) is 1.53. The van der Waals surface area contributed by atoms with Gasteiger partial charge >= 0.3 is 21.1 Å². The molecule has 2 heteroatoms. The molecule has 0 aromatic heterocycles. The van der Waals surface area contributed by atoms with Crippen LogP contribution in [0.1, 0.15) is 0 Å². The van der Waals surface area contributed by atoms with E-state index in [2.05, 4.69) is 43.9 Å². The van der Waals surface area contributed by atoms with Crippen LogP contribution in [-0.4, -0.2) is 8.07 Å². The van der Waals surface area contributed by atoms with Crippen LogP contribution >= 0.6 is 0 Å². The van der Waals surface area contributed by atoms with E-state index in [1.165, 1.54) is 0 Å². The third kappa shape index (κ3) is 7.34. The predicted molar refractivity (Wildman–Crippen MR) is 64.3 cm³/mol. The van der Waals surface area contributed by atoms with E-state index in [0.29, 0.717) is 0 Å². The second-order valence-corrected chi connectivity index (χ2v) is 8.50. The molecule has 0 nitrogen and oxygen atoms in total. The Hall–Kier alpha value is 0.255. The smallest absolute Gasteiger partial charge is 0.358 e. The van der Waals surface area contributed by atoms with Crippen LogP contribution in [0.2, 0.25) is 19.6 Å². The Kier molecular flexibility index (Phi) is 15.8. The van der Waals surface area contributed by atoms with E-state index >= 15 is 0 Å². The second-order valence-electron chi connectivity index (χ2n) is 3.42. The van der Waals surface area contributed by atoms with E-state index in [1.54, 1.807) is 5.19 Å². The first-order valence-corrected chi connectivity index (χ1v) is 6.83. The van der Waals surface area contributed by atoms with Crippen LogP contribution in [0.25, 0.3) is 0 Å². The fourth-order valence-electron chi connectivity index (χ4n) is 0.874.